The first-order chi connectivity index (χ1) is 7.60. The van der Waals surface area contributed by atoms with Crippen molar-refractivity contribution >= 4 is 17.5 Å². The molecular weight excluding hydrogens is 230 g/mol. The summed E-state index contributed by atoms with van der Waals surface area (Å²) in [7, 11) is 1.75. The van der Waals surface area contributed by atoms with Gasteiger partial charge in [-0.3, -0.25) is 9.59 Å². The number of nitrogens with zero attached hydrogens (tertiary/aromatic N) is 2. The topological polar surface area (TPSA) is 66.1 Å². The van der Waals surface area contributed by atoms with Gasteiger partial charge in [0.2, 0.25) is 5.91 Å². The molecule has 5 nitrogen and oxygen atoms in total. The van der Waals surface area contributed by atoms with Crippen LogP contribution in [-0.2, 0) is 10.7 Å². The van der Waals surface area contributed by atoms with Gasteiger partial charge in [-0.05, 0) is 0 Å². The van der Waals surface area contributed by atoms with Crippen LogP contribution in [-0.4, -0.2) is 34.4 Å². The highest BCUT2D eigenvalue weighted by Crippen LogP contribution is 2.24. The number of hydrogen-bond acceptors (Lipinski definition) is 3. The molecule has 1 N–H and O–H groups in total. The maximum atomic E-state index is 11.4. The first-order valence-electron chi connectivity index (χ1n) is 5.00. The van der Waals surface area contributed by atoms with Gasteiger partial charge in [-0.2, -0.15) is 0 Å². The first kappa shape index (κ1) is 11.1. The zero-order valence-corrected chi connectivity index (χ0v) is 9.62. The molecule has 1 atom stereocenters. The number of alkyl halides is 1. The molecule has 2 rings (SSSR count). The van der Waals surface area contributed by atoms with E-state index in [1.54, 1.807) is 11.9 Å². The summed E-state index contributed by atoms with van der Waals surface area (Å²) in [5, 5.41) is 0. The molecule has 0 spiro atoms. The average Bonchev–Trinajstić information content (AvgIpc) is 2.58. The van der Waals surface area contributed by atoms with Crippen molar-refractivity contribution in [2.45, 2.75) is 18.2 Å². The number of amides is 1. The third-order valence-corrected chi connectivity index (χ3v) is 2.95. The second-order valence-corrected chi connectivity index (χ2v) is 4.19. The number of hydrogen-bond donors (Lipinski definition) is 1. The number of rotatable bonds is 2. The number of aromatic amines is 1. The molecule has 2 heterocycles. The van der Waals surface area contributed by atoms with Crippen LogP contribution in [0.15, 0.2) is 10.9 Å². The molecule has 1 unspecified atom stereocenters. The maximum Gasteiger partial charge on any atom is 0.251 e. The normalized spacial score (nSPS) is 20.5. The first-order valence-corrected chi connectivity index (χ1v) is 5.53. The van der Waals surface area contributed by atoms with Crippen LogP contribution >= 0.6 is 11.6 Å². The number of H-pyrrole nitrogens is 1. The van der Waals surface area contributed by atoms with Crippen molar-refractivity contribution in [3.05, 3.63) is 27.9 Å². The fraction of sp³-hybridized carbons (Fsp3) is 0.500. The number of nitrogens with one attached hydrogen (secondary N) is 1. The van der Waals surface area contributed by atoms with Gasteiger partial charge in [-0.15, -0.1) is 11.6 Å². The Morgan fingerprint density at radius 3 is 2.94 bits per heavy atom. The lowest BCUT2D eigenvalue weighted by molar-refractivity contribution is -0.126. The standard InChI is InChI=1S/C10H12ClN3O2/c1-14-5-6(2-10(14)16)7-3-9(15)13-8(4-11)12-7/h3,6H,2,4-5H2,1H3,(H,12,13,15). The zero-order valence-electron chi connectivity index (χ0n) is 8.86. The highest BCUT2D eigenvalue weighted by Gasteiger charge is 2.29. The second kappa shape index (κ2) is 4.25. The van der Waals surface area contributed by atoms with Crippen molar-refractivity contribution in [1.29, 1.82) is 0 Å². The number of halogens is 1. The number of aromatic nitrogens is 2. The van der Waals surface area contributed by atoms with Crippen molar-refractivity contribution < 1.29 is 4.79 Å². The predicted molar refractivity (Wildman–Crippen MR) is 59.4 cm³/mol. The van der Waals surface area contributed by atoms with Crippen LogP contribution < -0.4 is 5.56 Å². The predicted octanol–water partition coefficient (Wildman–Crippen LogP) is 0.454. The summed E-state index contributed by atoms with van der Waals surface area (Å²) in [5.74, 6) is 0.701. The number of likely N-dealkylation sites (N-methyl/N-ethyl adjacent to an activating group) is 1. The molecule has 1 amide bonds. The van der Waals surface area contributed by atoms with Crippen LogP contribution in [0.4, 0.5) is 0 Å². The molecule has 0 bridgehead atoms. The summed E-state index contributed by atoms with van der Waals surface area (Å²) in [4.78, 5) is 31.1. The van der Waals surface area contributed by atoms with Crippen molar-refractivity contribution in [3.63, 3.8) is 0 Å². The SMILES string of the molecule is CN1CC(c2cc(=O)[nH]c(CCl)n2)CC1=O. The molecule has 1 aromatic rings. The van der Waals surface area contributed by atoms with Gasteiger partial charge >= 0.3 is 0 Å². The Kier molecular flexibility index (Phi) is 2.96. The Balaban J connectivity index is 2.31. The molecule has 0 saturated carbocycles. The fourth-order valence-corrected chi connectivity index (χ4v) is 1.99. The molecule has 1 aromatic heterocycles. The van der Waals surface area contributed by atoms with Gasteiger partial charge in [-0.25, -0.2) is 4.98 Å². The lowest BCUT2D eigenvalue weighted by atomic mass is 10.0. The molecule has 86 valence electrons. The molecule has 0 aromatic carbocycles. The summed E-state index contributed by atoms with van der Waals surface area (Å²) < 4.78 is 0. The Morgan fingerprint density at radius 1 is 1.62 bits per heavy atom. The van der Waals surface area contributed by atoms with Gasteiger partial charge in [0.15, 0.2) is 0 Å². The van der Waals surface area contributed by atoms with Crippen LogP contribution in [0.1, 0.15) is 23.9 Å². The van der Waals surface area contributed by atoms with Gasteiger partial charge in [0.1, 0.15) is 5.82 Å². The van der Waals surface area contributed by atoms with E-state index >= 15 is 0 Å². The van der Waals surface area contributed by atoms with Crippen molar-refractivity contribution in [2.24, 2.45) is 0 Å². The molecule has 1 fully saturated rings. The Bertz CT molecular complexity index is 471. The highest BCUT2D eigenvalue weighted by atomic mass is 35.5. The molecule has 16 heavy (non-hydrogen) atoms. The van der Waals surface area contributed by atoms with Crippen LogP contribution in [0, 0.1) is 0 Å². The van der Waals surface area contributed by atoms with E-state index in [0.717, 1.165) is 0 Å². The van der Waals surface area contributed by atoms with Gasteiger partial charge in [0, 0.05) is 32.0 Å². The zero-order chi connectivity index (χ0) is 11.7. The van der Waals surface area contributed by atoms with Crippen molar-refractivity contribution in [2.75, 3.05) is 13.6 Å². The lowest BCUT2D eigenvalue weighted by Gasteiger charge is -2.09. The van der Waals surface area contributed by atoms with Gasteiger partial charge < -0.3 is 9.88 Å². The quantitative estimate of drug-likeness (QED) is 0.765. The summed E-state index contributed by atoms with van der Waals surface area (Å²) in [6.45, 7) is 0.608. The van der Waals surface area contributed by atoms with E-state index in [1.165, 1.54) is 6.07 Å². The monoisotopic (exact) mass is 241 g/mol. The van der Waals surface area contributed by atoms with Crippen LogP contribution in [0.25, 0.3) is 0 Å². The third-order valence-electron chi connectivity index (χ3n) is 2.70. The molecule has 0 aliphatic carbocycles. The van der Waals surface area contributed by atoms with Gasteiger partial charge in [-0.1, -0.05) is 0 Å². The minimum absolute atomic E-state index is 0.00164. The van der Waals surface area contributed by atoms with E-state index in [-0.39, 0.29) is 23.3 Å². The number of likely N-dealkylation sites (tertiary alicyclic amines) is 1. The van der Waals surface area contributed by atoms with Gasteiger partial charge in [0.05, 0.1) is 11.6 Å². The highest BCUT2D eigenvalue weighted by molar-refractivity contribution is 6.16. The third kappa shape index (κ3) is 2.09. The second-order valence-electron chi connectivity index (χ2n) is 3.93. The summed E-state index contributed by atoms with van der Waals surface area (Å²) >= 11 is 5.62. The molecule has 1 aliphatic heterocycles. The molecule has 1 saturated heterocycles. The fourth-order valence-electron chi connectivity index (χ4n) is 1.86. The van der Waals surface area contributed by atoms with Crippen LogP contribution in [0.2, 0.25) is 0 Å². The Hall–Kier alpha value is -1.36. The Morgan fingerprint density at radius 2 is 2.38 bits per heavy atom. The summed E-state index contributed by atoms with van der Waals surface area (Å²) in [6.07, 6.45) is 0.411. The Labute approximate surface area is 97.4 Å². The minimum Gasteiger partial charge on any atom is -0.345 e. The maximum absolute atomic E-state index is 11.4. The van der Waals surface area contributed by atoms with E-state index in [1.807, 2.05) is 0 Å². The van der Waals surface area contributed by atoms with Crippen molar-refractivity contribution in [1.82, 2.24) is 14.9 Å². The number of carbonyl (C=O) groups is 1. The molecule has 0 radical (unpaired) electrons. The molecule has 1 aliphatic rings. The molecule has 6 heteroatoms. The summed E-state index contributed by atoms with van der Waals surface area (Å²) in [6, 6.07) is 1.44. The van der Waals surface area contributed by atoms with Gasteiger partial charge in [0.25, 0.3) is 5.56 Å². The minimum atomic E-state index is -0.220. The summed E-state index contributed by atoms with van der Waals surface area (Å²) in [5.41, 5.74) is 0.430. The van der Waals surface area contributed by atoms with Crippen molar-refractivity contribution in [3.8, 4) is 0 Å². The lowest BCUT2D eigenvalue weighted by Crippen LogP contribution is -2.19. The van der Waals surface area contributed by atoms with Crippen LogP contribution in [0.3, 0.4) is 0 Å². The van der Waals surface area contributed by atoms with E-state index in [4.69, 9.17) is 11.6 Å². The van der Waals surface area contributed by atoms with E-state index in [9.17, 15) is 9.59 Å². The van der Waals surface area contributed by atoms with E-state index in [0.29, 0.717) is 24.5 Å². The largest absolute Gasteiger partial charge is 0.345 e. The molecular formula is C10H12ClN3O2. The van der Waals surface area contributed by atoms with Crippen LogP contribution in [0.5, 0.6) is 0 Å². The average molecular weight is 242 g/mol. The smallest absolute Gasteiger partial charge is 0.251 e. The van der Waals surface area contributed by atoms with E-state index in [2.05, 4.69) is 9.97 Å². The van der Waals surface area contributed by atoms with E-state index < -0.39 is 0 Å². The number of carbonyl (C=O) groups excluding carboxylic acids is 1.